The van der Waals surface area contributed by atoms with Gasteiger partial charge in [-0.2, -0.15) is 0 Å². The minimum Gasteiger partial charge on any atom is -0.379 e. The maximum absolute atomic E-state index is 5.99. The number of nitrogens with zero attached hydrogens (tertiary/aromatic N) is 1. The van der Waals surface area contributed by atoms with Crippen LogP contribution in [0.4, 0.5) is 0 Å². The molecule has 1 aliphatic carbocycles. The van der Waals surface area contributed by atoms with Gasteiger partial charge in [-0.05, 0) is 26.2 Å². The molecule has 2 fully saturated rings. The molecule has 6 nitrogen and oxygen atoms in total. The molecule has 1 saturated heterocycles. The van der Waals surface area contributed by atoms with Gasteiger partial charge in [0.05, 0.1) is 32.0 Å². The van der Waals surface area contributed by atoms with Crippen LogP contribution in [0.15, 0.2) is 4.99 Å². The van der Waals surface area contributed by atoms with Crippen molar-refractivity contribution in [3.8, 4) is 0 Å². The number of halogens is 1. The summed E-state index contributed by atoms with van der Waals surface area (Å²) in [5.41, 5.74) is 0. The van der Waals surface area contributed by atoms with Crippen molar-refractivity contribution in [2.45, 2.75) is 70.1 Å². The van der Waals surface area contributed by atoms with Crippen LogP contribution in [0.3, 0.4) is 0 Å². The Morgan fingerprint density at radius 2 is 1.88 bits per heavy atom. The van der Waals surface area contributed by atoms with Gasteiger partial charge in [0.25, 0.3) is 0 Å². The van der Waals surface area contributed by atoms with Crippen molar-refractivity contribution in [3.63, 3.8) is 0 Å². The Bertz CT molecular complexity index is 357. The highest BCUT2D eigenvalue weighted by atomic mass is 127. The zero-order chi connectivity index (χ0) is 17.0. The quantitative estimate of drug-likeness (QED) is 0.188. The average molecular weight is 469 g/mol. The zero-order valence-electron chi connectivity index (χ0n) is 15.8. The van der Waals surface area contributed by atoms with Crippen molar-refractivity contribution in [1.29, 1.82) is 0 Å². The van der Waals surface area contributed by atoms with Gasteiger partial charge in [-0.25, -0.2) is 0 Å². The molecule has 0 spiro atoms. The van der Waals surface area contributed by atoms with Gasteiger partial charge in [-0.1, -0.05) is 25.7 Å². The molecule has 0 radical (unpaired) electrons. The molecule has 1 saturated carbocycles. The van der Waals surface area contributed by atoms with Gasteiger partial charge in [0.15, 0.2) is 5.96 Å². The van der Waals surface area contributed by atoms with Gasteiger partial charge in [-0.3, -0.25) is 4.99 Å². The molecule has 2 rings (SSSR count). The second kappa shape index (κ2) is 14.0. The van der Waals surface area contributed by atoms with Crippen molar-refractivity contribution in [2.24, 2.45) is 4.99 Å². The van der Waals surface area contributed by atoms with Crippen LogP contribution in [0, 0.1) is 0 Å². The normalized spacial score (nSPS) is 23.6. The van der Waals surface area contributed by atoms with Crippen molar-refractivity contribution >= 4 is 29.9 Å². The summed E-state index contributed by atoms with van der Waals surface area (Å²) in [5.74, 6) is 0.804. The van der Waals surface area contributed by atoms with Gasteiger partial charge < -0.3 is 24.8 Å². The first-order valence-electron chi connectivity index (χ1n) is 9.56. The fourth-order valence-electron chi connectivity index (χ4n) is 3.20. The van der Waals surface area contributed by atoms with Gasteiger partial charge in [0.2, 0.25) is 0 Å². The minimum absolute atomic E-state index is 0. The molecule has 2 atom stereocenters. The number of aliphatic imine (C=N–C) groups is 1. The van der Waals surface area contributed by atoms with E-state index in [2.05, 4.69) is 22.5 Å². The van der Waals surface area contributed by atoms with Crippen LogP contribution in [0.2, 0.25) is 0 Å². The smallest absolute Gasteiger partial charge is 0.191 e. The fraction of sp³-hybridized carbons (Fsp3) is 0.944. The summed E-state index contributed by atoms with van der Waals surface area (Å²) >= 11 is 0. The first kappa shape index (κ1) is 22.9. The summed E-state index contributed by atoms with van der Waals surface area (Å²) in [5, 5.41) is 6.67. The lowest BCUT2D eigenvalue weighted by atomic mass is 10.1. The Morgan fingerprint density at radius 1 is 1.12 bits per heavy atom. The molecule has 2 aliphatic rings. The number of hydrogen-bond donors (Lipinski definition) is 2. The average Bonchev–Trinajstić information content (AvgIpc) is 2.98. The van der Waals surface area contributed by atoms with Gasteiger partial charge in [0, 0.05) is 26.2 Å². The van der Waals surface area contributed by atoms with E-state index in [0.717, 1.165) is 38.7 Å². The van der Waals surface area contributed by atoms with Crippen molar-refractivity contribution in [1.82, 2.24) is 10.6 Å². The van der Waals surface area contributed by atoms with Crippen LogP contribution in [0.25, 0.3) is 0 Å². The Labute approximate surface area is 169 Å². The number of rotatable bonds is 8. The number of hydrogen-bond acceptors (Lipinski definition) is 4. The second-order valence-corrected chi connectivity index (χ2v) is 6.85. The maximum atomic E-state index is 5.99. The molecule has 1 aliphatic heterocycles. The molecular formula is C18H36IN3O3. The van der Waals surface area contributed by atoms with E-state index >= 15 is 0 Å². The first-order valence-corrected chi connectivity index (χ1v) is 9.56. The molecule has 1 heterocycles. The van der Waals surface area contributed by atoms with E-state index in [1.807, 2.05) is 0 Å². The number of guanidine groups is 1. The monoisotopic (exact) mass is 469 g/mol. The Balaban J connectivity index is 0.00000312. The molecule has 7 heteroatoms. The summed E-state index contributed by atoms with van der Waals surface area (Å²) < 4.78 is 17.1. The van der Waals surface area contributed by atoms with Crippen LogP contribution < -0.4 is 10.6 Å². The number of ether oxygens (including phenoxy) is 3. The Hall–Kier alpha value is -0.120. The Kier molecular flexibility index (Phi) is 12.8. The fourth-order valence-corrected chi connectivity index (χ4v) is 3.20. The topological polar surface area (TPSA) is 64.1 Å². The van der Waals surface area contributed by atoms with Crippen LogP contribution in [0.1, 0.15) is 51.9 Å². The molecular weight excluding hydrogens is 433 g/mol. The van der Waals surface area contributed by atoms with Crippen LogP contribution in [0.5, 0.6) is 0 Å². The van der Waals surface area contributed by atoms with E-state index in [1.165, 1.54) is 38.5 Å². The standard InChI is InChI=1S/C18H35N3O3.HI/c1-15(13-24-17-9-11-22-14-17)21-18(19-2)20-10-12-23-16-7-5-3-4-6-8-16;/h15-17H,3-14H2,1-2H3,(H2,19,20,21);1H. The summed E-state index contributed by atoms with van der Waals surface area (Å²) in [6.45, 7) is 5.81. The summed E-state index contributed by atoms with van der Waals surface area (Å²) in [6.07, 6.45) is 9.47. The van der Waals surface area contributed by atoms with Gasteiger partial charge >= 0.3 is 0 Å². The molecule has 0 aromatic heterocycles. The first-order chi connectivity index (χ1) is 11.8. The van der Waals surface area contributed by atoms with E-state index < -0.39 is 0 Å². The summed E-state index contributed by atoms with van der Waals surface area (Å²) in [6, 6.07) is 0.208. The lowest BCUT2D eigenvalue weighted by Gasteiger charge is -2.20. The number of nitrogens with one attached hydrogen (secondary N) is 2. The molecule has 0 aromatic rings. The largest absolute Gasteiger partial charge is 0.379 e. The highest BCUT2D eigenvalue weighted by Crippen LogP contribution is 2.19. The molecule has 25 heavy (non-hydrogen) atoms. The van der Waals surface area contributed by atoms with Crippen LogP contribution in [-0.4, -0.2) is 64.2 Å². The van der Waals surface area contributed by atoms with Crippen LogP contribution in [-0.2, 0) is 14.2 Å². The van der Waals surface area contributed by atoms with E-state index in [9.17, 15) is 0 Å². The van der Waals surface area contributed by atoms with Crippen molar-refractivity contribution in [2.75, 3.05) is 40.0 Å². The SMILES string of the molecule is CN=C(NCCOC1CCCCCC1)NC(C)COC1CCOC1.I. The molecule has 2 unspecified atom stereocenters. The summed E-state index contributed by atoms with van der Waals surface area (Å²) in [7, 11) is 1.79. The predicted octanol–water partition coefficient (Wildman–Crippen LogP) is 2.70. The van der Waals surface area contributed by atoms with Crippen LogP contribution >= 0.6 is 24.0 Å². The Morgan fingerprint density at radius 3 is 2.52 bits per heavy atom. The molecule has 2 N–H and O–H groups in total. The lowest BCUT2D eigenvalue weighted by molar-refractivity contribution is 0.0346. The maximum Gasteiger partial charge on any atom is 0.191 e. The van der Waals surface area contributed by atoms with E-state index in [0.29, 0.717) is 12.7 Å². The molecule has 0 amide bonds. The van der Waals surface area contributed by atoms with E-state index in [4.69, 9.17) is 14.2 Å². The summed E-state index contributed by atoms with van der Waals surface area (Å²) in [4.78, 5) is 4.27. The molecule has 148 valence electrons. The molecule has 0 bridgehead atoms. The van der Waals surface area contributed by atoms with E-state index in [-0.39, 0.29) is 36.1 Å². The second-order valence-electron chi connectivity index (χ2n) is 6.85. The highest BCUT2D eigenvalue weighted by molar-refractivity contribution is 14.0. The van der Waals surface area contributed by atoms with Crippen molar-refractivity contribution < 1.29 is 14.2 Å². The zero-order valence-corrected chi connectivity index (χ0v) is 18.1. The minimum atomic E-state index is 0. The van der Waals surface area contributed by atoms with Gasteiger partial charge in [-0.15, -0.1) is 24.0 Å². The third-order valence-corrected chi connectivity index (χ3v) is 4.63. The third-order valence-electron chi connectivity index (χ3n) is 4.63. The highest BCUT2D eigenvalue weighted by Gasteiger charge is 2.17. The van der Waals surface area contributed by atoms with Crippen molar-refractivity contribution in [3.05, 3.63) is 0 Å². The van der Waals surface area contributed by atoms with E-state index in [1.54, 1.807) is 7.05 Å². The van der Waals surface area contributed by atoms with Gasteiger partial charge in [0.1, 0.15) is 0 Å². The molecule has 0 aromatic carbocycles. The lowest BCUT2D eigenvalue weighted by Crippen LogP contribution is -2.45. The predicted molar refractivity (Wildman–Crippen MR) is 112 cm³/mol. The third kappa shape index (κ3) is 9.96.